The van der Waals surface area contributed by atoms with E-state index in [1.54, 1.807) is 12.2 Å². The molecule has 1 atom stereocenters. The number of carbonyl (C=O) groups excluding carboxylic acids is 2. The molecular weight excluding hydrogens is 309 g/mol. The number of ketones is 2. The van der Waals surface area contributed by atoms with Crippen molar-refractivity contribution in [1.29, 1.82) is 0 Å². The Morgan fingerprint density at radius 2 is 1.87 bits per heavy atom. The van der Waals surface area contributed by atoms with Gasteiger partial charge in [0, 0.05) is 5.92 Å². The molecule has 1 aliphatic carbocycles. The molecule has 1 aromatic carbocycles. The molecule has 0 N–H and O–H groups in total. The third kappa shape index (κ3) is 5.09. The SMILES string of the molecule is O=C(CC(=O)C(F)(F)F)C1C=CC(OCc2ccccc2)=CC1. The van der Waals surface area contributed by atoms with Crippen LogP contribution >= 0.6 is 0 Å². The van der Waals surface area contributed by atoms with Gasteiger partial charge in [0.1, 0.15) is 18.1 Å². The second kappa shape index (κ2) is 7.26. The predicted molar refractivity (Wildman–Crippen MR) is 77.2 cm³/mol. The maximum Gasteiger partial charge on any atom is 0.450 e. The van der Waals surface area contributed by atoms with Crippen LogP contribution in [-0.2, 0) is 20.9 Å². The van der Waals surface area contributed by atoms with E-state index in [0.29, 0.717) is 12.4 Å². The third-order valence-corrected chi connectivity index (χ3v) is 3.38. The van der Waals surface area contributed by atoms with Crippen LogP contribution in [-0.4, -0.2) is 17.7 Å². The molecule has 0 heterocycles. The molecule has 0 fully saturated rings. The molecule has 0 saturated carbocycles. The molecule has 0 saturated heterocycles. The van der Waals surface area contributed by atoms with Crippen LogP contribution in [0.15, 0.2) is 54.3 Å². The van der Waals surface area contributed by atoms with E-state index in [9.17, 15) is 22.8 Å². The van der Waals surface area contributed by atoms with Gasteiger partial charge in [0.15, 0.2) is 0 Å². The average molecular weight is 324 g/mol. The Hall–Kier alpha value is -2.37. The van der Waals surface area contributed by atoms with Crippen LogP contribution in [0.25, 0.3) is 0 Å². The highest BCUT2D eigenvalue weighted by Gasteiger charge is 2.39. The van der Waals surface area contributed by atoms with Gasteiger partial charge in [-0.25, -0.2) is 0 Å². The highest BCUT2D eigenvalue weighted by molar-refractivity contribution is 6.03. The summed E-state index contributed by atoms with van der Waals surface area (Å²) in [4.78, 5) is 22.5. The van der Waals surface area contributed by atoms with Crippen molar-refractivity contribution >= 4 is 11.6 Å². The maximum atomic E-state index is 12.1. The summed E-state index contributed by atoms with van der Waals surface area (Å²) in [7, 11) is 0. The zero-order valence-electron chi connectivity index (χ0n) is 12.2. The summed E-state index contributed by atoms with van der Waals surface area (Å²) in [6, 6.07) is 9.47. The van der Waals surface area contributed by atoms with Crippen LogP contribution in [0.2, 0.25) is 0 Å². The number of allylic oxidation sites excluding steroid dienone is 3. The Kier molecular flexibility index (Phi) is 5.36. The Labute approximate surface area is 131 Å². The Balaban J connectivity index is 1.83. The van der Waals surface area contributed by atoms with Crippen LogP contribution in [0.5, 0.6) is 0 Å². The predicted octanol–water partition coefficient (Wildman–Crippen LogP) is 3.75. The summed E-state index contributed by atoms with van der Waals surface area (Å²) in [6.07, 6.45) is -1.19. The minimum absolute atomic E-state index is 0.227. The fourth-order valence-corrected chi connectivity index (χ4v) is 2.08. The maximum absolute atomic E-state index is 12.1. The molecule has 1 aliphatic rings. The molecule has 1 unspecified atom stereocenters. The Morgan fingerprint density at radius 3 is 2.43 bits per heavy atom. The highest BCUT2D eigenvalue weighted by atomic mass is 19.4. The molecule has 0 aliphatic heterocycles. The number of alkyl halides is 3. The zero-order chi connectivity index (χ0) is 16.9. The van der Waals surface area contributed by atoms with Gasteiger partial charge in [0.2, 0.25) is 5.78 Å². The fourth-order valence-electron chi connectivity index (χ4n) is 2.08. The largest absolute Gasteiger partial charge is 0.489 e. The number of hydrogen-bond donors (Lipinski definition) is 0. The molecule has 23 heavy (non-hydrogen) atoms. The summed E-state index contributed by atoms with van der Waals surface area (Å²) in [6.45, 7) is 0.363. The number of rotatable bonds is 6. The molecule has 3 nitrogen and oxygen atoms in total. The van der Waals surface area contributed by atoms with Crippen LogP contribution in [0.3, 0.4) is 0 Å². The van der Waals surface area contributed by atoms with E-state index in [4.69, 9.17) is 4.74 Å². The summed E-state index contributed by atoms with van der Waals surface area (Å²) < 4.78 is 42.0. The lowest BCUT2D eigenvalue weighted by Crippen LogP contribution is -2.28. The molecule has 0 bridgehead atoms. The van der Waals surface area contributed by atoms with E-state index >= 15 is 0 Å². The lowest BCUT2D eigenvalue weighted by Gasteiger charge is -2.16. The van der Waals surface area contributed by atoms with Crippen molar-refractivity contribution in [3.8, 4) is 0 Å². The molecular formula is C17H15F3O3. The topological polar surface area (TPSA) is 43.4 Å². The molecule has 0 aromatic heterocycles. The van der Waals surface area contributed by atoms with Crippen molar-refractivity contribution in [2.75, 3.05) is 0 Å². The average Bonchev–Trinajstić information content (AvgIpc) is 2.53. The van der Waals surface area contributed by atoms with E-state index in [-0.39, 0.29) is 6.42 Å². The molecule has 1 aromatic rings. The fraction of sp³-hybridized carbons (Fsp3) is 0.294. The van der Waals surface area contributed by atoms with E-state index in [0.717, 1.165) is 5.56 Å². The monoisotopic (exact) mass is 324 g/mol. The van der Waals surface area contributed by atoms with Crippen LogP contribution in [0, 0.1) is 5.92 Å². The number of halogens is 3. The first-order chi connectivity index (χ1) is 10.9. The number of Topliss-reactive ketones (excluding diaryl/α,β-unsaturated/α-hetero) is 2. The van der Waals surface area contributed by atoms with Gasteiger partial charge in [-0.2, -0.15) is 13.2 Å². The first-order valence-corrected chi connectivity index (χ1v) is 7.04. The second-order valence-electron chi connectivity index (χ2n) is 5.15. The van der Waals surface area contributed by atoms with Gasteiger partial charge in [0.25, 0.3) is 0 Å². The van der Waals surface area contributed by atoms with Gasteiger partial charge in [-0.15, -0.1) is 0 Å². The molecule has 0 radical (unpaired) electrons. The molecule has 2 rings (SSSR count). The summed E-state index contributed by atoms with van der Waals surface area (Å²) in [5, 5.41) is 0. The van der Waals surface area contributed by atoms with Crippen molar-refractivity contribution < 1.29 is 27.5 Å². The number of ether oxygens (including phenoxy) is 1. The smallest absolute Gasteiger partial charge is 0.450 e. The van der Waals surface area contributed by atoms with Gasteiger partial charge in [-0.05, 0) is 24.1 Å². The summed E-state index contributed by atoms with van der Waals surface area (Å²) in [5.74, 6) is -2.90. The van der Waals surface area contributed by atoms with Crippen LogP contribution < -0.4 is 0 Å². The third-order valence-electron chi connectivity index (χ3n) is 3.38. The number of carbonyl (C=O) groups is 2. The molecule has 6 heteroatoms. The van der Waals surface area contributed by atoms with E-state index < -0.39 is 30.1 Å². The van der Waals surface area contributed by atoms with Gasteiger partial charge in [-0.3, -0.25) is 9.59 Å². The minimum Gasteiger partial charge on any atom is -0.489 e. The van der Waals surface area contributed by atoms with Crippen molar-refractivity contribution in [3.05, 3.63) is 59.9 Å². The quantitative estimate of drug-likeness (QED) is 0.749. The molecule has 0 spiro atoms. The standard InChI is InChI=1S/C17H15F3O3/c18-17(19,20)16(22)10-15(21)13-6-8-14(9-7-13)23-11-12-4-2-1-3-5-12/h1-6,8-9,13H,7,10-11H2. The molecule has 0 amide bonds. The van der Waals surface area contributed by atoms with E-state index in [1.807, 2.05) is 30.3 Å². The van der Waals surface area contributed by atoms with Crippen molar-refractivity contribution in [1.82, 2.24) is 0 Å². The number of hydrogen-bond acceptors (Lipinski definition) is 3. The molecule has 122 valence electrons. The lowest BCUT2D eigenvalue weighted by molar-refractivity contribution is -0.172. The van der Waals surface area contributed by atoms with E-state index in [1.165, 1.54) is 6.08 Å². The Bertz CT molecular complexity index is 630. The number of benzene rings is 1. The first-order valence-electron chi connectivity index (χ1n) is 7.04. The van der Waals surface area contributed by atoms with Crippen LogP contribution in [0.4, 0.5) is 13.2 Å². The van der Waals surface area contributed by atoms with Crippen molar-refractivity contribution in [2.45, 2.75) is 25.6 Å². The van der Waals surface area contributed by atoms with Gasteiger partial charge >= 0.3 is 6.18 Å². The van der Waals surface area contributed by atoms with Gasteiger partial charge in [-0.1, -0.05) is 36.4 Å². The highest BCUT2D eigenvalue weighted by Crippen LogP contribution is 2.23. The first kappa shape index (κ1) is 17.0. The van der Waals surface area contributed by atoms with Crippen molar-refractivity contribution in [2.24, 2.45) is 5.92 Å². The van der Waals surface area contributed by atoms with Gasteiger partial charge in [0.05, 0.1) is 6.42 Å². The van der Waals surface area contributed by atoms with Crippen molar-refractivity contribution in [3.63, 3.8) is 0 Å². The Morgan fingerprint density at radius 1 is 1.17 bits per heavy atom. The van der Waals surface area contributed by atoms with E-state index in [2.05, 4.69) is 0 Å². The summed E-state index contributed by atoms with van der Waals surface area (Å²) >= 11 is 0. The normalized spacial score (nSPS) is 17.5. The minimum atomic E-state index is -4.96. The van der Waals surface area contributed by atoms with Crippen LogP contribution in [0.1, 0.15) is 18.4 Å². The summed E-state index contributed by atoms with van der Waals surface area (Å²) in [5.41, 5.74) is 0.982. The lowest BCUT2D eigenvalue weighted by atomic mass is 9.92. The zero-order valence-corrected chi connectivity index (χ0v) is 12.2. The second-order valence-corrected chi connectivity index (χ2v) is 5.15. The van der Waals surface area contributed by atoms with Gasteiger partial charge < -0.3 is 4.74 Å².